The molecule has 0 aromatic heterocycles. The summed E-state index contributed by atoms with van der Waals surface area (Å²) < 4.78 is 0. The highest BCUT2D eigenvalue weighted by atomic mass is 32.1. The number of rotatable bonds is 14. The second-order valence-electron chi connectivity index (χ2n) is 8.66. The predicted octanol–water partition coefficient (Wildman–Crippen LogP) is 2.47. The molecule has 1 aromatic rings. The monoisotopic (exact) mass is 546 g/mol. The first-order valence-electron chi connectivity index (χ1n) is 13.0. The van der Waals surface area contributed by atoms with Gasteiger partial charge < -0.3 is 37.0 Å². The maximum absolute atomic E-state index is 11.1. The van der Waals surface area contributed by atoms with E-state index in [0.29, 0.717) is 24.7 Å². The number of carbonyl (C=O) groups excluding carboxylic acids is 3. The van der Waals surface area contributed by atoms with Crippen LogP contribution in [0.15, 0.2) is 53.0 Å². The lowest BCUT2D eigenvalue weighted by molar-refractivity contribution is -0.123. The minimum atomic E-state index is -0.370. The van der Waals surface area contributed by atoms with E-state index in [1.807, 2.05) is 37.4 Å². The molecule has 0 bridgehead atoms. The van der Waals surface area contributed by atoms with Crippen LogP contribution in [0.1, 0.15) is 51.0 Å². The van der Waals surface area contributed by atoms with Crippen LogP contribution >= 0.6 is 12.6 Å². The van der Waals surface area contributed by atoms with Gasteiger partial charge in [-0.3, -0.25) is 9.79 Å². The molecule has 1 amide bonds. The molecule has 0 aliphatic heterocycles. The summed E-state index contributed by atoms with van der Waals surface area (Å²) in [6.45, 7) is 10.7. The lowest BCUT2D eigenvalue weighted by Gasteiger charge is -2.27. The molecular formula is C28H46N6O3S. The molecule has 2 atom stereocenters. The highest BCUT2D eigenvalue weighted by Crippen LogP contribution is 2.25. The Balaban J connectivity index is 0.000000735. The summed E-state index contributed by atoms with van der Waals surface area (Å²) >= 11 is 4.24. The maximum Gasteiger partial charge on any atom is 0.234 e. The molecule has 0 spiro atoms. The van der Waals surface area contributed by atoms with Crippen molar-refractivity contribution in [2.24, 2.45) is 22.4 Å². The summed E-state index contributed by atoms with van der Waals surface area (Å²) in [5.74, 6) is 0.0735. The number of nitrogens with one attached hydrogen (secondary N) is 3. The average Bonchev–Trinajstić information content (AvgIpc) is 2.96. The Morgan fingerprint density at radius 3 is 2.26 bits per heavy atom. The van der Waals surface area contributed by atoms with Gasteiger partial charge in [-0.25, -0.2) is 0 Å². The average molecular weight is 547 g/mol. The lowest BCUT2D eigenvalue weighted by atomic mass is 9.84. The lowest BCUT2D eigenvalue weighted by Crippen LogP contribution is -2.44. The molecule has 212 valence electrons. The fourth-order valence-corrected chi connectivity index (χ4v) is 3.89. The second kappa shape index (κ2) is 22.1. The molecule has 2 unspecified atom stereocenters. The zero-order chi connectivity index (χ0) is 28.8. The molecule has 1 aromatic carbocycles. The quantitative estimate of drug-likeness (QED) is 0.119. The molecule has 1 fully saturated rings. The van der Waals surface area contributed by atoms with E-state index in [9.17, 15) is 14.4 Å². The van der Waals surface area contributed by atoms with E-state index in [4.69, 9.17) is 5.73 Å². The highest BCUT2D eigenvalue weighted by molar-refractivity contribution is 7.80. The summed E-state index contributed by atoms with van der Waals surface area (Å²) in [6, 6.07) is 6.96. The van der Waals surface area contributed by atoms with Gasteiger partial charge in [-0.1, -0.05) is 51.5 Å². The topological polar surface area (TPSA) is 152 Å². The number of benzene rings is 1. The predicted molar refractivity (Wildman–Crippen MR) is 160 cm³/mol. The highest BCUT2D eigenvalue weighted by Gasteiger charge is 2.24. The fraction of sp³-hybridized carbons (Fsp3) is 0.500. The molecule has 1 aliphatic carbocycles. The Bertz CT molecular complexity index is 870. The van der Waals surface area contributed by atoms with E-state index < -0.39 is 0 Å². The fourth-order valence-electron chi connectivity index (χ4n) is 3.74. The zero-order valence-electron chi connectivity index (χ0n) is 22.8. The summed E-state index contributed by atoms with van der Waals surface area (Å²) in [5, 5.41) is 8.85. The first kappa shape index (κ1) is 35.0. The smallest absolute Gasteiger partial charge is 0.234 e. The van der Waals surface area contributed by atoms with Gasteiger partial charge in [0.05, 0.1) is 25.2 Å². The van der Waals surface area contributed by atoms with Crippen LogP contribution in [0.2, 0.25) is 0 Å². The third-order valence-corrected chi connectivity index (χ3v) is 6.01. The Kier molecular flexibility index (Phi) is 20.4. The van der Waals surface area contributed by atoms with E-state index in [1.165, 1.54) is 13.5 Å². The van der Waals surface area contributed by atoms with Gasteiger partial charge in [0.15, 0.2) is 0 Å². The van der Waals surface area contributed by atoms with Crippen LogP contribution in [0.5, 0.6) is 0 Å². The van der Waals surface area contributed by atoms with Crippen molar-refractivity contribution in [1.29, 1.82) is 0 Å². The number of hydrogen-bond acceptors (Lipinski definition) is 9. The molecule has 10 heteroatoms. The van der Waals surface area contributed by atoms with Gasteiger partial charge in [-0.15, -0.1) is 12.6 Å². The van der Waals surface area contributed by atoms with Crippen LogP contribution in [0, 0.1) is 5.92 Å². The first-order chi connectivity index (χ1) is 18.3. The number of nitrogens with zero attached hydrogens (tertiary/aromatic N) is 1. The third-order valence-electron chi connectivity index (χ3n) is 5.72. The molecule has 1 aliphatic rings. The molecular weight excluding hydrogens is 500 g/mol. The van der Waals surface area contributed by atoms with Crippen molar-refractivity contribution in [3.05, 3.63) is 48.7 Å². The molecule has 38 heavy (non-hydrogen) atoms. The Hall–Kier alpha value is -2.95. The van der Waals surface area contributed by atoms with Crippen molar-refractivity contribution in [3.63, 3.8) is 0 Å². The number of thiol groups is 1. The van der Waals surface area contributed by atoms with Gasteiger partial charge in [0, 0.05) is 22.8 Å². The summed E-state index contributed by atoms with van der Waals surface area (Å²) in [7, 11) is 1.50. The number of nitrogens with two attached hydrogens (primary N) is 2. The summed E-state index contributed by atoms with van der Waals surface area (Å²) in [4.78, 5) is 38.0. The van der Waals surface area contributed by atoms with Crippen LogP contribution in [-0.2, 0) is 14.4 Å². The van der Waals surface area contributed by atoms with Crippen molar-refractivity contribution in [3.8, 4) is 0 Å². The Morgan fingerprint density at radius 1 is 1.11 bits per heavy atom. The number of hydrogen-bond donors (Lipinski definition) is 6. The van der Waals surface area contributed by atoms with E-state index in [1.54, 1.807) is 0 Å². The normalized spacial score (nSPS) is 14.4. The van der Waals surface area contributed by atoms with Crippen molar-refractivity contribution in [2.75, 3.05) is 26.7 Å². The first-order valence-corrected chi connectivity index (χ1v) is 13.4. The SMILES string of the molecule is C=C(CN=CCC)NC(C=O)CNC(=C)c1ccc(S)cc1.CN.NCC(=O)NC(C=O)C1CCCCC1. The number of carbonyl (C=O) groups is 3. The van der Waals surface area contributed by atoms with Gasteiger partial charge >= 0.3 is 0 Å². The Labute approximate surface area is 233 Å². The number of aldehydes is 2. The maximum atomic E-state index is 11.1. The third kappa shape index (κ3) is 15.3. The van der Waals surface area contributed by atoms with Crippen LogP contribution in [0.3, 0.4) is 0 Å². The molecule has 2 rings (SSSR count). The van der Waals surface area contributed by atoms with E-state index in [2.05, 4.69) is 52.5 Å². The van der Waals surface area contributed by atoms with E-state index in [-0.39, 0.29) is 24.5 Å². The minimum absolute atomic E-state index is 0.0446. The molecule has 0 saturated heterocycles. The van der Waals surface area contributed by atoms with Gasteiger partial charge in [0.2, 0.25) is 5.91 Å². The van der Waals surface area contributed by atoms with Gasteiger partial charge in [-0.2, -0.15) is 0 Å². The van der Waals surface area contributed by atoms with Gasteiger partial charge in [0.25, 0.3) is 0 Å². The van der Waals surface area contributed by atoms with Crippen LogP contribution in [-0.4, -0.2) is 63.5 Å². The molecule has 7 N–H and O–H groups in total. The summed E-state index contributed by atoms with van der Waals surface area (Å²) in [6.07, 6.45) is 10.0. The largest absolute Gasteiger partial charge is 0.383 e. The zero-order valence-corrected chi connectivity index (χ0v) is 23.7. The minimum Gasteiger partial charge on any atom is -0.383 e. The van der Waals surface area contributed by atoms with Crippen molar-refractivity contribution in [2.45, 2.75) is 62.4 Å². The Morgan fingerprint density at radius 2 is 1.74 bits per heavy atom. The molecule has 9 nitrogen and oxygen atoms in total. The van der Waals surface area contributed by atoms with Crippen LogP contribution in [0.4, 0.5) is 0 Å². The van der Waals surface area contributed by atoms with Gasteiger partial charge in [0.1, 0.15) is 12.6 Å². The molecule has 0 radical (unpaired) electrons. The van der Waals surface area contributed by atoms with Crippen LogP contribution in [0.25, 0.3) is 5.70 Å². The molecule has 1 saturated carbocycles. The van der Waals surface area contributed by atoms with Gasteiger partial charge in [-0.05, 0) is 56.1 Å². The standard InChI is InChI=1S/C17H23N3OS.C10H18N2O2.CH5N/c1-4-9-18-10-13(2)20-16(12-21)11-19-14(3)15-5-7-17(22)8-6-15;11-6-10(14)12-9(7-13)8-4-2-1-3-5-8;1-2/h5-9,12,16,19-20,22H,2-4,10-11H2,1H3;7-9H,1-6,11H2,(H,12,14);2H2,1H3. The number of aliphatic imine (C=N–C) groups is 1. The number of amides is 1. The second-order valence-corrected chi connectivity index (χ2v) is 9.18. The van der Waals surface area contributed by atoms with Crippen molar-refractivity contribution < 1.29 is 14.4 Å². The molecule has 0 heterocycles. The van der Waals surface area contributed by atoms with E-state index >= 15 is 0 Å². The van der Waals surface area contributed by atoms with E-state index in [0.717, 1.165) is 60.8 Å². The summed E-state index contributed by atoms with van der Waals surface area (Å²) in [5.41, 5.74) is 12.1. The van der Waals surface area contributed by atoms with Crippen molar-refractivity contribution >= 4 is 43.0 Å². The van der Waals surface area contributed by atoms with Crippen molar-refractivity contribution in [1.82, 2.24) is 16.0 Å². The van der Waals surface area contributed by atoms with Crippen LogP contribution < -0.4 is 27.4 Å².